The molecule has 1 saturated heterocycles. The maximum atomic E-state index is 11.9. The molecular weight excluding hydrogens is 328 g/mol. The summed E-state index contributed by atoms with van der Waals surface area (Å²) in [6, 6.07) is 6.87. The van der Waals surface area contributed by atoms with E-state index in [4.69, 9.17) is 4.74 Å². The van der Waals surface area contributed by atoms with Crippen LogP contribution in [0.4, 0.5) is 10.5 Å². The number of sulfone groups is 1. The van der Waals surface area contributed by atoms with Crippen molar-refractivity contribution in [2.45, 2.75) is 49.9 Å². The Morgan fingerprint density at radius 3 is 2.42 bits per heavy atom. The zero-order valence-corrected chi connectivity index (χ0v) is 14.5. The number of hydrogen-bond donors (Lipinski definition) is 2. The van der Waals surface area contributed by atoms with Crippen molar-refractivity contribution in [3.8, 4) is 5.75 Å². The van der Waals surface area contributed by atoms with Crippen molar-refractivity contribution in [2.24, 2.45) is 0 Å². The fraction of sp³-hybridized carbons (Fsp3) is 0.588. The molecule has 1 saturated carbocycles. The smallest absolute Gasteiger partial charge is 0.319 e. The predicted molar refractivity (Wildman–Crippen MR) is 93.2 cm³/mol. The highest BCUT2D eigenvalue weighted by Gasteiger charge is 2.31. The van der Waals surface area contributed by atoms with Crippen LogP contribution in [0.25, 0.3) is 0 Å². The maximum absolute atomic E-state index is 11.9. The largest absolute Gasteiger partial charge is 0.490 e. The molecule has 2 fully saturated rings. The van der Waals surface area contributed by atoms with Gasteiger partial charge in [0.05, 0.1) is 17.1 Å². The number of anilines is 1. The van der Waals surface area contributed by atoms with E-state index in [1.54, 1.807) is 12.1 Å². The van der Waals surface area contributed by atoms with E-state index in [2.05, 4.69) is 10.6 Å². The van der Waals surface area contributed by atoms with Crippen molar-refractivity contribution in [1.29, 1.82) is 0 Å². The summed E-state index contributed by atoms with van der Waals surface area (Å²) in [6.45, 7) is 0.164. The van der Waals surface area contributed by atoms with Gasteiger partial charge in [-0.05, 0) is 62.8 Å². The Kier molecular flexibility index (Phi) is 5.28. The minimum absolute atomic E-state index is 0.164. The Bertz CT molecular complexity index is 666. The van der Waals surface area contributed by atoms with Crippen molar-refractivity contribution in [1.82, 2.24) is 5.32 Å². The average molecular weight is 352 g/mol. The van der Waals surface area contributed by atoms with E-state index >= 15 is 0 Å². The number of benzene rings is 1. The van der Waals surface area contributed by atoms with Gasteiger partial charge in [-0.15, -0.1) is 0 Å². The van der Waals surface area contributed by atoms with Crippen LogP contribution in [-0.4, -0.2) is 38.1 Å². The van der Waals surface area contributed by atoms with Gasteiger partial charge in [0.25, 0.3) is 0 Å². The van der Waals surface area contributed by atoms with Gasteiger partial charge in [-0.3, -0.25) is 0 Å². The highest BCUT2D eigenvalue weighted by atomic mass is 32.2. The Balaban J connectivity index is 1.45. The molecule has 7 heteroatoms. The monoisotopic (exact) mass is 352 g/mol. The minimum atomic E-state index is -3.03. The molecule has 2 N–H and O–H groups in total. The second-order valence-corrected chi connectivity index (χ2v) is 8.92. The number of rotatable bonds is 5. The van der Waals surface area contributed by atoms with Crippen LogP contribution in [-0.2, 0) is 9.84 Å². The van der Waals surface area contributed by atoms with Crippen LogP contribution in [0.1, 0.15) is 38.5 Å². The molecule has 1 aliphatic carbocycles. The molecule has 1 unspecified atom stereocenters. The van der Waals surface area contributed by atoms with Crippen molar-refractivity contribution in [3.05, 3.63) is 24.3 Å². The molecule has 0 radical (unpaired) electrons. The standard InChI is InChI=1S/C17H24N2O4S/c20-17(18-12-16-6-3-11-24(16,21)22)19-13-7-9-15(10-8-13)23-14-4-1-2-5-14/h7-10,14,16H,1-6,11-12H2,(H2,18,19,20). The van der Waals surface area contributed by atoms with Crippen molar-refractivity contribution >= 4 is 21.6 Å². The molecule has 1 aromatic carbocycles. The molecule has 0 bridgehead atoms. The van der Waals surface area contributed by atoms with Gasteiger partial charge in [0.2, 0.25) is 0 Å². The Hall–Kier alpha value is -1.76. The third-order valence-electron chi connectivity index (χ3n) is 4.67. The lowest BCUT2D eigenvalue weighted by Crippen LogP contribution is -2.37. The molecule has 132 valence electrons. The Labute approximate surface area is 142 Å². The number of carbonyl (C=O) groups excluding carboxylic acids is 1. The highest BCUT2D eigenvalue weighted by molar-refractivity contribution is 7.92. The van der Waals surface area contributed by atoms with Gasteiger partial charge < -0.3 is 15.4 Å². The lowest BCUT2D eigenvalue weighted by atomic mass is 10.2. The second-order valence-electron chi connectivity index (χ2n) is 6.51. The van der Waals surface area contributed by atoms with Crippen LogP contribution in [0.2, 0.25) is 0 Å². The normalized spacial score (nSPS) is 23.1. The van der Waals surface area contributed by atoms with Crippen LogP contribution in [0.15, 0.2) is 24.3 Å². The summed E-state index contributed by atoms with van der Waals surface area (Å²) in [4.78, 5) is 11.9. The van der Waals surface area contributed by atoms with Gasteiger partial charge in [0.1, 0.15) is 5.75 Å². The summed E-state index contributed by atoms with van der Waals surface area (Å²) in [7, 11) is -3.03. The van der Waals surface area contributed by atoms with Gasteiger partial charge in [-0.25, -0.2) is 13.2 Å². The number of nitrogens with one attached hydrogen (secondary N) is 2. The molecule has 6 nitrogen and oxygen atoms in total. The molecule has 1 aromatic rings. The van der Waals surface area contributed by atoms with Crippen LogP contribution >= 0.6 is 0 Å². The maximum Gasteiger partial charge on any atom is 0.319 e. The molecule has 1 aliphatic heterocycles. The first kappa shape index (κ1) is 17.1. The molecule has 2 aliphatic rings. The van der Waals surface area contributed by atoms with Crippen LogP contribution in [0.3, 0.4) is 0 Å². The number of amides is 2. The third kappa shape index (κ3) is 4.41. The molecule has 1 heterocycles. The van der Waals surface area contributed by atoms with Crippen molar-refractivity contribution < 1.29 is 17.9 Å². The molecule has 2 amide bonds. The van der Waals surface area contributed by atoms with Gasteiger partial charge >= 0.3 is 6.03 Å². The highest BCUT2D eigenvalue weighted by Crippen LogP contribution is 2.25. The lowest BCUT2D eigenvalue weighted by Gasteiger charge is -2.14. The SMILES string of the molecule is O=C(NCC1CCCS1(=O)=O)Nc1ccc(OC2CCCC2)cc1. The number of carbonyl (C=O) groups is 1. The van der Waals surface area contributed by atoms with Crippen molar-refractivity contribution in [2.75, 3.05) is 17.6 Å². The molecule has 3 rings (SSSR count). The zero-order chi connectivity index (χ0) is 17.0. The first-order valence-electron chi connectivity index (χ1n) is 8.56. The van der Waals surface area contributed by atoms with E-state index in [0.717, 1.165) is 18.6 Å². The van der Waals surface area contributed by atoms with E-state index in [1.807, 2.05) is 12.1 Å². The average Bonchev–Trinajstić information content (AvgIpc) is 3.16. The summed E-state index contributed by atoms with van der Waals surface area (Å²) in [5, 5.41) is 4.90. The summed E-state index contributed by atoms with van der Waals surface area (Å²) < 4.78 is 29.3. The quantitative estimate of drug-likeness (QED) is 0.853. The van der Waals surface area contributed by atoms with E-state index in [0.29, 0.717) is 24.6 Å². The van der Waals surface area contributed by atoms with E-state index in [9.17, 15) is 13.2 Å². The molecule has 24 heavy (non-hydrogen) atoms. The zero-order valence-electron chi connectivity index (χ0n) is 13.7. The van der Waals surface area contributed by atoms with Crippen LogP contribution in [0.5, 0.6) is 5.75 Å². The molecule has 0 spiro atoms. The van der Waals surface area contributed by atoms with Gasteiger partial charge in [-0.1, -0.05) is 0 Å². The van der Waals surface area contributed by atoms with Gasteiger partial charge in [0.15, 0.2) is 9.84 Å². The fourth-order valence-corrected chi connectivity index (χ4v) is 5.05. The topological polar surface area (TPSA) is 84.5 Å². The first-order valence-corrected chi connectivity index (χ1v) is 10.3. The summed E-state index contributed by atoms with van der Waals surface area (Å²) >= 11 is 0. The van der Waals surface area contributed by atoms with E-state index < -0.39 is 15.1 Å². The minimum Gasteiger partial charge on any atom is -0.490 e. The number of hydrogen-bond acceptors (Lipinski definition) is 4. The van der Waals surface area contributed by atoms with Crippen molar-refractivity contribution in [3.63, 3.8) is 0 Å². The van der Waals surface area contributed by atoms with Gasteiger partial charge in [0, 0.05) is 12.2 Å². The number of ether oxygens (including phenoxy) is 1. The van der Waals surface area contributed by atoms with E-state index in [-0.39, 0.29) is 18.3 Å². The summed E-state index contributed by atoms with van der Waals surface area (Å²) in [6.07, 6.45) is 6.26. The molecular formula is C17H24N2O4S. The third-order valence-corrected chi connectivity index (χ3v) is 6.95. The van der Waals surface area contributed by atoms with Crippen LogP contribution in [0, 0.1) is 0 Å². The summed E-state index contributed by atoms with van der Waals surface area (Å²) in [5.41, 5.74) is 0.653. The molecule has 0 aromatic heterocycles. The number of urea groups is 1. The van der Waals surface area contributed by atoms with E-state index in [1.165, 1.54) is 12.8 Å². The first-order chi connectivity index (χ1) is 11.5. The Morgan fingerprint density at radius 1 is 1.08 bits per heavy atom. The second kappa shape index (κ2) is 7.42. The Morgan fingerprint density at radius 2 is 1.79 bits per heavy atom. The summed E-state index contributed by atoms with van der Waals surface area (Å²) in [5.74, 6) is 1.04. The lowest BCUT2D eigenvalue weighted by molar-refractivity contribution is 0.210. The van der Waals surface area contributed by atoms with Gasteiger partial charge in [-0.2, -0.15) is 0 Å². The molecule has 1 atom stereocenters. The predicted octanol–water partition coefficient (Wildman–Crippen LogP) is 2.71. The van der Waals surface area contributed by atoms with Crippen LogP contribution < -0.4 is 15.4 Å². The fourth-order valence-electron chi connectivity index (χ4n) is 3.28.